The van der Waals surface area contributed by atoms with Gasteiger partial charge in [-0.1, -0.05) is 6.42 Å². The van der Waals surface area contributed by atoms with E-state index in [1.807, 2.05) is 0 Å². The normalized spacial score (nSPS) is 32.5. The average Bonchev–Trinajstić information content (AvgIpc) is 3.00. The number of fused-ring (bicyclic) bond motifs is 2. The molecule has 0 spiro atoms. The van der Waals surface area contributed by atoms with Gasteiger partial charge in [-0.05, 0) is 65.6 Å². The highest BCUT2D eigenvalue weighted by Gasteiger charge is 2.51. The summed E-state index contributed by atoms with van der Waals surface area (Å²) in [5, 5.41) is 9.54. The maximum atomic E-state index is 14.1. The van der Waals surface area contributed by atoms with Gasteiger partial charge in [-0.3, -0.25) is 0 Å². The Bertz CT molecular complexity index is 566. The van der Waals surface area contributed by atoms with E-state index in [0.29, 0.717) is 11.8 Å². The maximum absolute atomic E-state index is 14.1. The molecule has 2 fully saturated rings. The molecule has 0 radical (unpaired) electrons. The van der Waals surface area contributed by atoms with Crippen molar-refractivity contribution in [1.29, 1.82) is 5.26 Å². The van der Waals surface area contributed by atoms with E-state index in [2.05, 4.69) is 22.0 Å². The SMILES string of the molecule is N#CC1(Cc2c(F)ccc(Br)c2F)CC2CCC1C2. The summed E-state index contributed by atoms with van der Waals surface area (Å²) < 4.78 is 28.2. The first-order chi connectivity index (χ1) is 9.05. The molecule has 0 aliphatic heterocycles. The van der Waals surface area contributed by atoms with Crippen LogP contribution in [0.2, 0.25) is 0 Å². The molecule has 3 unspecified atom stereocenters. The van der Waals surface area contributed by atoms with E-state index in [4.69, 9.17) is 0 Å². The Morgan fingerprint density at radius 2 is 2.16 bits per heavy atom. The fraction of sp³-hybridized carbons (Fsp3) is 0.533. The fourth-order valence-corrected chi connectivity index (χ4v) is 4.26. The van der Waals surface area contributed by atoms with Crippen molar-refractivity contribution >= 4 is 15.9 Å². The van der Waals surface area contributed by atoms with Gasteiger partial charge in [-0.2, -0.15) is 5.26 Å². The molecule has 3 atom stereocenters. The third-order valence-electron chi connectivity index (χ3n) is 4.83. The molecule has 1 aromatic carbocycles. The first-order valence-electron chi connectivity index (χ1n) is 6.59. The van der Waals surface area contributed by atoms with Gasteiger partial charge in [0.2, 0.25) is 0 Å². The Balaban J connectivity index is 1.97. The fourth-order valence-electron chi connectivity index (χ4n) is 3.88. The second-order valence-electron chi connectivity index (χ2n) is 5.85. The van der Waals surface area contributed by atoms with Crippen molar-refractivity contribution in [3.63, 3.8) is 0 Å². The number of halogens is 3. The molecule has 2 bridgehead atoms. The molecule has 4 heteroatoms. The lowest BCUT2D eigenvalue weighted by molar-refractivity contribution is 0.234. The Hall–Kier alpha value is -0.950. The van der Waals surface area contributed by atoms with E-state index in [1.165, 1.54) is 12.1 Å². The maximum Gasteiger partial charge on any atom is 0.143 e. The van der Waals surface area contributed by atoms with Gasteiger partial charge in [0.25, 0.3) is 0 Å². The van der Waals surface area contributed by atoms with Gasteiger partial charge in [-0.15, -0.1) is 0 Å². The van der Waals surface area contributed by atoms with Gasteiger partial charge in [-0.25, -0.2) is 8.78 Å². The molecule has 19 heavy (non-hydrogen) atoms. The molecule has 3 rings (SSSR count). The van der Waals surface area contributed by atoms with Gasteiger partial charge in [0.15, 0.2) is 0 Å². The summed E-state index contributed by atoms with van der Waals surface area (Å²) in [4.78, 5) is 0. The Morgan fingerprint density at radius 1 is 1.37 bits per heavy atom. The molecule has 0 amide bonds. The Kier molecular flexibility index (Phi) is 3.13. The van der Waals surface area contributed by atoms with Crippen LogP contribution in [0.4, 0.5) is 8.78 Å². The van der Waals surface area contributed by atoms with Crippen molar-refractivity contribution in [3.05, 3.63) is 33.8 Å². The third kappa shape index (κ3) is 1.99. The Labute approximate surface area is 119 Å². The number of hydrogen-bond donors (Lipinski definition) is 0. The van der Waals surface area contributed by atoms with Crippen LogP contribution in [-0.4, -0.2) is 0 Å². The lowest BCUT2D eigenvalue weighted by Crippen LogP contribution is -2.29. The van der Waals surface area contributed by atoms with E-state index >= 15 is 0 Å². The van der Waals surface area contributed by atoms with E-state index in [0.717, 1.165) is 25.7 Å². The smallest absolute Gasteiger partial charge is 0.143 e. The lowest BCUT2D eigenvalue weighted by Gasteiger charge is -2.31. The van der Waals surface area contributed by atoms with Crippen LogP contribution in [0, 0.1) is 40.2 Å². The van der Waals surface area contributed by atoms with Crippen molar-refractivity contribution in [2.75, 3.05) is 0 Å². The second kappa shape index (κ2) is 4.56. The summed E-state index contributed by atoms with van der Waals surface area (Å²) in [6.45, 7) is 0. The monoisotopic (exact) mass is 325 g/mol. The standard InChI is InChI=1S/C15H14BrF2N/c16-12-3-4-13(17)11(14(12)18)7-15(8-19)6-9-1-2-10(15)5-9/h3-4,9-10H,1-2,5-7H2. The Morgan fingerprint density at radius 3 is 2.74 bits per heavy atom. The number of nitrogens with zero attached hydrogens (tertiary/aromatic N) is 1. The van der Waals surface area contributed by atoms with E-state index < -0.39 is 17.0 Å². The summed E-state index contributed by atoms with van der Waals surface area (Å²) in [6, 6.07) is 5.02. The molecule has 2 aliphatic carbocycles. The predicted molar refractivity (Wildman–Crippen MR) is 71.3 cm³/mol. The minimum Gasteiger partial charge on any atom is -0.207 e. The first-order valence-corrected chi connectivity index (χ1v) is 7.38. The number of benzene rings is 1. The van der Waals surface area contributed by atoms with E-state index in [-0.39, 0.29) is 16.5 Å². The summed E-state index contributed by atoms with van der Waals surface area (Å²) >= 11 is 3.09. The molecule has 0 saturated heterocycles. The van der Waals surface area contributed by atoms with Crippen LogP contribution in [-0.2, 0) is 6.42 Å². The first kappa shape index (κ1) is 13.1. The van der Waals surface area contributed by atoms with Gasteiger partial charge in [0, 0.05) is 5.56 Å². The molecule has 1 aromatic rings. The molecule has 0 heterocycles. The van der Waals surface area contributed by atoms with Crippen molar-refractivity contribution in [2.45, 2.75) is 32.1 Å². The molecule has 100 valence electrons. The molecular formula is C15H14BrF2N. The van der Waals surface area contributed by atoms with Gasteiger partial charge < -0.3 is 0 Å². The van der Waals surface area contributed by atoms with Crippen LogP contribution in [0.25, 0.3) is 0 Å². The van der Waals surface area contributed by atoms with Gasteiger partial charge in [0.1, 0.15) is 11.6 Å². The number of rotatable bonds is 2. The zero-order valence-electron chi connectivity index (χ0n) is 10.4. The molecular weight excluding hydrogens is 312 g/mol. The van der Waals surface area contributed by atoms with Crippen LogP contribution >= 0.6 is 15.9 Å². The van der Waals surface area contributed by atoms with Crippen LogP contribution in [0.1, 0.15) is 31.2 Å². The molecule has 0 aromatic heterocycles. The molecule has 1 nitrogen and oxygen atoms in total. The van der Waals surface area contributed by atoms with Crippen molar-refractivity contribution in [3.8, 4) is 6.07 Å². The largest absolute Gasteiger partial charge is 0.207 e. The molecule has 0 N–H and O–H groups in total. The van der Waals surface area contributed by atoms with E-state index in [1.54, 1.807) is 0 Å². The summed E-state index contributed by atoms with van der Waals surface area (Å²) in [5.41, 5.74) is -0.505. The zero-order chi connectivity index (χ0) is 13.6. The number of hydrogen-bond acceptors (Lipinski definition) is 1. The lowest BCUT2D eigenvalue weighted by atomic mass is 9.70. The summed E-state index contributed by atoms with van der Waals surface area (Å²) in [7, 11) is 0. The molecule has 2 saturated carbocycles. The van der Waals surface area contributed by atoms with Crippen LogP contribution < -0.4 is 0 Å². The number of nitriles is 1. The van der Waals surface area contributed by atoms with Gasteiger partial charge in [0.05, 0.1) is 16.0 Å². The third-order valence-corrected chi connectivity index (χ3v) is 5.44. The zero-order valence-corrected chi connectivity index (χ0v) is 12.0. The predicted octanol–water partition coefficient (Wildman–Crippen LogP) is 4.60. The molecule has 2 aliphatic rings. The highest BCUT2D eigenvalue weighted by atomic mass is 79.9. The van der Waals surface area contributed by atoms with Crippen LogP contribution in [0.5, 0.6) is 0 Å². The highest BCUT2D eigenvalue weighted by Crippen LogP contribution is 2.57. The van der Waals surface area contributed by atoms with E-state index in [9.17, 15) is 14.0 Å². The topological polar surface area (TPSA) is 23.8 Å². The highest BCUT2D eigenvalue weighted by molar-refractivity contribution is 9.10. The minimum atomic E-state index is -0.564. The van der Waals surface area contributed by atoms with Crippen molar-refractivity contribution in [1.82, 2.24) is 0 Å². The van der Waals surface area contributed by atoms with Crippen LogP contribution in [0.15, 0.2) is 16.6 Å². The average molecular weight is 326 g/mol. The van der Waals surface area contributed by atoms with Crippen molar-refractivity contribution in [2.24, 2.45) is 17.3 Å². The minimum absolute atomic E-state index is 0.0588. The van der Waals surface area contributed by atoms with Gasteiger partial charge >= 0.3 is 0 Å². The second-order valence-corrected chi connectivity index (χ2v) is 6.70. The summed E-state index contributed by atoms with van der Waals surface area (Å²) in [5.74, 6) is -0.223. The van der Waals surface area contributed by atoms with Crippen molar-refractivity contribution < 1.29 is 8.78 Å². The quantitative estimate of drug-likeness (QED) is 0.729. The summed E-state index contributed by atoms with van der Waals surface area (Å²) in [6.07, 6.45) is 4.22. The van der Waals surface area contributed by atoms with Crippen LogP contribution in [0.3, 0.4) is 0 Å².